The number of halogens is 1. The van der Waals surface area contributed by atoms with Gasteiger partial charge in [0.05, 0.1) is 22.6 Å². The van der Waals surface area contributed by atoms with Crippen LogP contribution in [0.25, 0.3) is 0 Å². The van der Waals surface area contributed by atoms with E-state index in [0.717, 1.165) is 28.3 Å². The van der Waals surface area contributed by atoms with Crippen LogP contribution >= 0.6 is 27.3 Å². The van der Waals surface area contributed by atoms with E-state index in [4.69, 9.17) is 5.11 Å². The lowest BCUT2D eigenvalue weighted by Gasteiger charge is -2.21. The summed E-state index contributed by atoms with van der Waals surface area (Å²) in [6, 6.07) is 0.276. The van der Waals surface area contributed by atoms with Crippen molar-refractivity contribution in [2.75, 3.05) is 18.1 Å². The molecule has 2 rings (SSSR count). The van der Waals surface area contributed by atoms with Crippen LogP contribution in [0.3, 0.4) is 0 Å². The van der Waals surface area contributed by atoms with Crippen molar-refractivity contribution in [1.82, 2.24) is 4.98 Å². The number of aliphatic hydroxyl groups excluding tert-OH is 1. The summed E-state index contributed by atoms with van der Waals surface area (Å²) in [6.07, 6.45) is 4.04. The SMILES string of the molecule is OCC1CCCN1c1ncc(Br)s1. The Kier molecular flexibility index (Phi) is 2.86. The number of anilines is 1. The third-order valence-corrected chi connectivity index (χ3v) is 3.81. The molecule has 1 fully saturated rings. The van der Waals surface area contributed by atoms with Gasteiger partial charge < -0.3 is 10.0 Å². The fourth-order valence-electron chi connectivity index (χ4n) is 1.66. The number of aromatic nitrogens is 1. The monoisotopic (exact) mass is 262 g/mol. The first-order chi connectivity index (χ1) is 6.31. The first-order valence-corrected chi connectivity index (χ1v) is 5.91. The van der Waals surface area contributed by atoms with E-state index in [1.54, 1.807) is 11.3 Å². The van der Waals surface area contributed by atoms with Crippen molar-refractivity contribution >= 4 is 32.4 Å². The number of hydrogen-bond donors (Lipinski definition) is 1. The van der Waals surface area contributed by atoms with Gasteiger partial charge in [0.25, 0.3) is 0 Å². The molecule has 0 aromatic carbocycles. The van der Waals surface area contributed by atoms with Crippen LogP contribution in [-0.4, -0.2) is 29.3 Å². The third-order valence-electron chi connectivity index (χ3n) is 2.30. The third kappa shape index (κ3) is 1.87. The van der Waals surface area contributed by atoms with Crippen LogP contribution in [0.4, 0.5) is 5.13 Å². The van der Waals surface area contributed by atoms with Gasteiger partial charge in [0.1, 0.15) is 0 Å². The van der Waals surface area contributed by atoms with Crippen LogP contribution in [0.1, 0.15) is 12.8 Å². The van der Waals surface area contributed by atoms with Crippen LogP contribution in [-0.2, 0) is 0 Å². The van der Waals surface area contributed by atoms with Crippen LogP contribution in [0.15, 0.2) is 9.98 Å². The van der Waals surface area contributed by atoms with Crippen molar-refractivity contribution in [1.29, 1.82) is 0 Å². The number of hydrogen-bond acceptors (Lipinski definition) is 4. The van der Waals surface area contributed by atoms with Gasteiger partial charge in [-0.15, -0.1) is 0 Å². The van der Waals surface area contributed by atoms with Gasteiger partial charge in [-0.2, -0.15) is 0 Å². The van der Waals surface area contributed by atoms with Gasteiger partial charge in [-0.3, -0.25) is 0 Å². The second-order valence-electron chi connectivity index (χ2n) is 3.12. The zero-order valence-corrected chi connectivity index (χ0v) is 9.51. The molecular formula is C8H11BrN2OS. The Hall–Kier alpha value is -0.130. The summed E-state index contributed by atoms with van der Waals surface area (Å²) < 4.78 is 1.05. The number of thiazole rings is 1. The topological polar surface area (TPSA) is 36.4 Å². The first-order valence-electron chi connectivity index (χ1n) is 4.30. The van der Waals surface area contributed by atoms with Gasteiger partial charge in [0.2, 0.25) is 0 Å². The summed E-state index contributed by atoms with van der Waals surface area (Å²) >= 11 is 5.01. The maximum absolute atomic E-state index is 9.13. The minimum absolute atomic E-state index is 0.233. The molecule has 5 heteroatoms. The van der Waals surface area contributed by atoms with Gasteiger partial charge in [0.15, 0.2) is 5.13 Å². The molecule has 0 aliphatic carbocycles. The molecule has 13 heavy (non-hydrogen) atoms. The molecule has 0 saturated carbocycles. The van der Waals surface area contributed by atoms with Crippen LogP contribution in [0, 0.1) is 0 Å². The lowest BCUT2D eigenvalue weighted by Crippen LogP contribution is -2.31. The lowest BCUT2D eigenvalue weighted by atomic mass is 10.2. The van der Waals surface area contributed by atoms with E-state index >= 15 is 0 Å². The summed E-state index contributed by atoms with van der Waals surface area (Å²) in [7, 11) is 0. The van der Waals surface area contributed by atoms with E-state index in [9.17, 15) is 0 Å². The van der Waals surface area contributed by atoms with Gasteiger partial charge in [0, 0.05) is 6.54 Å². The van der Waals surface area contributed by atoms with Crippen molar-refractivity contribution < 1.29 is 5.11 Å². The van der Waals surface area contributed by atoms with E-state index in [-0.39, 0.29) is 12.6 Å². The molecule has 0 amide bonds. The number of rotatable bonds is 2. The molecule has 1 atom stereocenters. The summed E-state index contributed by atoms with van der Waals surface area (Å²) in [5.74, 6) is 0. The average molecular weight is 263 g/mol. The minimum atomic E-state index is 0.233. The van der Waals surface area contributed by atoms with E-state index in [2.05, 4.69) is 25.8 Å². The molecule has 1 N–H and O–H groups in total. The highest BCUT2D eigenvalue weighted by atomic mass is 79.9. The zero-order chi connectivity index (χ0) is 9.26. The first kappa shape index (κ1) is 9.43. The van der Waals surface area contributed by atoms with Crippen molar-refractivity contribution in [2.45, 2.75) is 18.9 Å². The smallest absolute Gasteiger partial charge is 0.186 e. The number of aliphatic hydroxyl groups is 1. The van der Waals surface area contributed by atoms with E-state index in [1.807, 2.05) is 6.20 Å². The molecule has 72 valence electrons. The molecule has 1 unspecified atom stereocenters. The maximum atomic E-state index is 9.13. The zero-order valence-electron chi connectivity index (χ0n) is 7.11. The van der Waals surface area contributed by atoms with Crippen molar-refractivity contribution in [3.8, 4) is 0 Å². The van der Waals surface area contributed by atoms with Crippen LogP contribution < -0.4 is 4.90 Å². The maximum Gasteiger partial charge on any atom is 0.186 e. The van der Waals surface area contributed by atoms with Crippen LogP contribution in [0.2, 0.25) is 0 Å². The predicted octanol–water partition coefficient (Wildman–Crippen LogP) is 1.87. The Morgan fingerprint density at radius 3 is 3.23 bits per heavy atom. The second kappa shape index (κ2) is 3.94. The summed E-state index contributed by atoms with van der Waals surface area (Å²) in [4.78, 5) is 6.47. The predicted molar refractivity (Wildman–Crippen MR) is 57.3 cm³/mol. The fraction of sp³-hybridized carbons (Fsp3) is 0.625. The Labute approximate surface area is 89.5 Å². The molecule has 0 radical (unpaired) electrons. The highest BCUT2D eigenvalue weighted by Gasteiger charge is 2.25. The van der Waals surface area contributed by atoms with Crippen molar-refractivity contribution in [2.24, 2.45) is 0 Å². The highest BCUT2D eigenvalue weighted by molar-refractivity contribution is 9.11. The standard InChI is InChI=1S/C8H11BrN2OS/c9-7-4-10-8(13-7)11-3-1-2-6(11)5-12/h4,6,12H,1-3,5H2. The van der Waals surface area contributed by atoms with Crippen LogP contribution in [0.5, 0.6) is 0 Å². The Morgan fingerprint density at radius 1 is 1.77 bits per heavy atom. The van der Waals surface area contributed by atoms with Crippen molar-refractivity contribution in [3.63, 3.8) is 0 Å². The molecule has 2 heterocycles. The van der Waals surface area contributed by atoms with E-state index < -0.39 is 0 Å². The van der Waals surface area contributed by atoms with Gasteiger partial charge in [-0.05, 0) is 28.8 Å². The van der Waals surface area contributed by atoms with E-state index in [1.165, 1.54) is 0 Å². The largest absolute Gasteiger partial charge is 0.394 e. The summed E-state index contributed by atoms with van der Waals surface area (Å²) in [6.45, 7) is 1.25. The molecule has 1 aromatic rings. The molecule has 1 saturated heterocycles. The van der Waals surface area contributed by atoms with Gasteiger partial charge in [-0.25, -0.2) is 4.98 Å². The lowest BCUT2D eigenvalue weighted by molar-refractivity contribution is 0.266. The summed E-state index contributed by atoms with van der Waals surface area (Å²) in [5, 5.41) is 10.1. The number of nitrogens with zero attached hydrogens (tertiary/aromatic N) is 2. The van der Waals surface area contributed by atoms with Gasteiger partial charge in [-0.1, -0.05) is 11.3 Å². The fourth-order valence-corrected chi connectivity index (χ4v) is 2.94. The normalized spacial score (nSPS) is 22.6. The highest BCUT2D eigenvalue weighted by Crippen LogP contribution is 2.31. The molecule has 0 spiro atoms. The molecule has 3 nitrogen and oxygen atoms in total. The van der Waals surface area contributed by atoms with Gasteiger partial charge >= 0.3 is 0 Å². The molecule has 1 aliphatic rings. The Balaban J connectivity index is 2.15. The molecule has 0 bridgehead atoms. The molecular weight excluding hydrogens is 252 g/mol. The molecule has 1 aliphatic heterocycles. The Morgan fingerprint density at radius 2 is 2.62 bits per heavy atom. The Bertz CT molecular complexity index is 291. The van der Waals surface area contributed by atoms with E-state index in [0.29, 0.717) is 0 Å². The minimum Gasteiger partial charge on any atom is -0.394 e. The summed E-state index contributed by atoms with van der Waals surface area (Å²) in [5.41, 5.74) is 0. The second-order valence-corrected chi connectivity index (χ2v) is 5.51. The van der Waals surface area contributed by atoms with Crippen molar-refractivity contribution in [3.05, 3.63) is 9.98 Å². The molecule has 1 aromatic heterocycles. The quantitative estimate of drug-likeness (QED) is 0.884. The average Bonchev–Trinajstić information content (AvgIpc) is 2.71.